The SMILES string of the molecule is [O-]P([O-])([O-])(c1ccccc1)C(F)(F)F. The van der Waals surface area contributed by atoms with E-state index in [1.165, 1.54) is 6.07 Å². The van der Waals surface area contributed by atoms with Crippen molar-refractivity contribution in [2.75, 3.05) is 0 Å². The molecule has 0 saturated heterocycles. The monoisotopic (exact) mass is 225 g/mol. The van der Waals surface area contributed by atoms with Crippen LogP contribution in [0, 0.1) is 0 Å². The first-order valence-electron chi connectivity index (χ1n) is 3.47. The molecule has 0 aliphatic rings. The van der Waals surface area contributed by atoms with Crippen molar-refractivity contribution in [3.63, 3.8) is 0 Å². The maximum atomic E-state index is 12.0. The van der Waals surface area contributed by atoms with E-state index in [0.717, 1.165) is 12.1 Å². The molecule has 0 atom stereocenters. The van der Waals surface area contributed by atoms with Crippen molar-refractivity contribution in [3.8, 4) is 0 Å². The molecule has 0 heterocycles. The molecule has 80 valence electrons. The Morgan fingerprint density at radius 2 is 1.36 bits per heavy atom. The van der Waals surface area contributed by atoms with E-state index in [9.17, 15) is 27.9 Å². The third-order valence-corrected chi connectivity index (χ3v) is 3.70. The van der Waals surface area contributed by atoms with E-state index in [1.807, 2.05) is 0 Å². The van der Waals surface area contributed by atoms with Gasteiger partial charge in [-0.3, -0.25) is 0 Å². The van der Waals surface area contributed by atoms with Gasteiger partial charge in [0.25, 0.3) is 0 Å². The van der Waals surface area contributed by atoms with Crippen LogP contribution < -0.4 is 20.0 Å². The molecule has 1 rings (SSSR count). The summed E-state index contributed by atoms with van der Waals surface area (Å²) in [7, 11) is -7.51. The summed E-state index contributed by atoms with van der Waals surface area (Å²) in [6, 6.07) is 4.66. The van der Waals surface area contributed by atoms with Crippen LogP contribution in [0.25, 0.3) is 0 Å². The molecule has 0 radical (unpaired) electrons. The summed E-state index contributed by atoms with van der Waals surface area (Å²) in [6.07, 6.45) is 0. The first-order chi connectivity index (χ1) is 6.14. The Morgan fingerprint density at radius 1 is 0.929 bits per heavy atom. The van der Waals surface area contributed by atoms with E-state index in [2.05, 4.69) is 0 Å². The van der Waals surface area contributed by atoms with E-state index < -0.39 is 18.5 Å². The van der Waals surface area contributed by atoms with Gasteiger partial charge in [-0.1, -0.05) is 0 Å². The number of rotatable bonds is 1. The summed E-state index contributed by atoms with van der Waals surface area (Å²) in [6.45, 7) is 0. The van der Waals surface area contributed by atoms with E-state index in [0.29, 0.717) is 12.1 Å². The Morgan fingerprint density at radius 3 is 1.71 bits per heavy atom. The number of hydrogen-bond donors (Lipinski definition) is 0. The Bertz CT molecular complexity index is 328. The summed E-state index contributed by atoms with van der Waals surface area (Å²) in [5.74, 6) is -5.80. The summed E-state index contributed by atoms with van der Waals surface area (Å²) in [5, 5.41) is -1.26. The zero-order chi connectivity index (χ0) is 11.1. The molecule has 0 fully saturated rings. The molecule has 0 saturated carbocycles. The third kappa shape index (κ3) is 1.62. The molecular formula is C7H5F3O3P-3. The molecule has 14 heavy (non-hydrogen) atoms. The normalized spacial score (nSPS) is 16.0. The average molecular weight is 225 g/mol. The number of hydrogen-bond acceptors (Lipinski definition) is 3. The van der Waals surface area contributed by atoms with Gasteiger partial charge < -0.3 is 0 Å². The molecule has 1 aromatic rings. The molecule has 0 unspecified atom stereocenters. The van der Waals surface area contributed by atoms with E-state index in [1.54, 1.807) is 0 Å². The van der Waals surface area contributed by atoms with Crippen LogP contribution in [-0.2, 0) is 0 Å². The zero-order valence-corrected chi connectivity index (χ0v) is 7.59. The van der Waals surface area contributed by atoms with Crippen LogP contribution in [0.5, 0.6) is 0 Å². The fraction of sp³-hybridized carbons (Fsp3) is 0.143. The predicted octanol–water partition coefficient (Wildman–Crippen LogP) is -0.789. The van der Waals surface area contributed by atoms with Gasteiger partial charge in [-0.25, -0.2) is 0 Å². The van der Waals surface area contributed by atoms with Crippen molar-refractivity contribution in [2.45, 2.75) is 5.92 Å². The van der Waals surface area contributed by atoms with Crippen molar-refractivity contribution >= 4 is 12.6 Å². The quantitative estimate of drug-likeness (QED) is 0.588. The van der Waals surface area contributed by atoms with Crippen LogP contribution in [-0.4, -0.2) is 5.92 Å². The van der Waals surface area contributed by atoms with Gasteiger partial charge in [0.15, 0.2) is 0 Å². The first kappa shape index (κ1) is 11.4. The van der Waals surface area contributed by atoms with Crippen LogP contribution in [0.15, 0.2) is 30.3 Å². The third-order valence-electron chi connectivity index (χ3n) is 1.64. The minimum absolute atomic E-state index is 0.623. The maximum absolute atomic E-state index is 12.0. The van der Waals surface area contributed by atoms with Gasteiger partial charge in [-0.05, 0) is 0 Å². The van der Waals surface area contributed by atoms with Crippen molar-refractivity contribution in [3.05, 3.63) is 30.3 Å². The summed E-state index contributed by atoms with van der Waals surface area (Å²) in [4.78, 5) is 32.4. The van der Waals surface area contributed by atoms with Crippen LogP contribution in [0.2, 0.25) is 0 Å². The van der Waals surface area contributed by atoms with Gasteiger partial charge in [0.2, 0.25) is 0 Å². The van der Waals surface area contributed by atoms with Gasteiger partial charge >= 0.3 is 76.7 Å². The fourth-order valence-electron chi connectivity index (χ4n) is 0.831. The molecule has 0 aliphatic heterocycles. The van der Waals surface area contributed by atoms with Crippen LogP contribution in [0.4, 0.5) is 13.2 Å². The Hall–Kier alpha value is -0.680. The molecule has 0 aliphatic carbocycles. The molecule has 3 nitrogen and oxygen atoms in total. The van der Waals surface area contributed by atoms with Crippen molar-refractivity contribution in [2.24, 2.45) is 0 Å². The van der Waals surface area contributed by atoms with Gasteiger partial charge in [0.1, 0.15) is 0 Å². The second-order valence-electron chi connectivity index (χ2n) is 2.69. The summed E-state index contributed by atoms with van der Waals surface area (Å²) >= 11 is 0. The molecule has 0 spiro atoms. The van der Waals surface area contributed by atoms with Crippen LogP contribution in [0.3, 0.4) is 0 Å². The van der Waals surface area contributed by atoms with Gasteiger partial charge in [-0.2, -0.15) is 0 Å². The standard InChI is InChI=1S/C7H5F3O3P/c8-7(9,10)14(11,12,13)6-4-2-1-3-5-6/h1-5H/q-3. The predicted molar refractivity (Wildman–Crippen MR) is 39.1 cm³/mol. The van der Waals surface area contributed by atoms with Crippen molar-refractivity contribution in [1.82, 2.24) is 0 Å². The molecule has 0 amide bonds. The van der Waals surface area contributed by atoms with Gasteiger partial charge in [0, 0.05) is 0 Å². The number of alkyl halides is 3. The van der Waals surface area contributed by atoms with Crippen molar-refractivity contribution in [1.29, 1.82) is 0 Å². The van der Waals surface area contributed by atoms with Gasteiger partial charge in [0.05, 0.1) is 0 Å². The molecule has 1 aromatic carbocycles. The summed E-state index contributed by atoms with van der Waals surface area (Å²) in [5.41, 5.74) is 0. The van der Waals surface area contributed by atoms with E-state index in [-0.39, 0.29) is 0 Å². The second kappa shape index (κ2) is 2.90. The molecule has 7 heteroatoms. The van der Waals surface area contributed by atoms with Crippen LogP contribution in [0.1, 0.15) is 0 Å². The number of benzene rings is 1. The van der Waals surface area contributed by atoms with E-state index in [4.69, 9.17) is 0 Å². The topological polar surface area (TPSA) is 69.2 Å². The Kier molecular flexibility index (Phi) is 2.36. The van der Waals surface area contributed by atoms with Gasteiger partial charge in [-0.15, -0.1) is 0 Å². The van der Waals surface area contributed by atoms with E-state index >= 15 is 0 Å². The fourth-order valence-corrected chi connectivity index (χ4v) is 1.81. The molecule has 0 aromatic heterocycles. The minimum atomic E-state index is -7.51. The zero-order valence-electron chi connectivity index (χ0n) is 6.69. The Labute approximate surface area is 77.6 Å². The van der Waals surface area contributed by atoms with Crippen LogP contribution >= 0.6 is 7.28 Å². The molecule has 0 bridgehead atoms. The Balaban J connectivity index is 3.32. The summed E-state index contributed by atoms with van der Waals surface area (Å²) < 4.78 is 36.1. The number of halogens is 3. The molecule has 0 N–H and O–H groups in total. The second-order valence-corrected chi connectivity index (χ2v) is 5.48. The van der Waals surface area contributed by atoms with Crippen molar-refractivity contribution < 1.29 is 27.9 Å². The first-order valence-corrected chi connectivity index (χ1v) is 5.46. The average Bonchev–Trinajstić information content (AvgIpc) is 2.03. The molecular weight excluding hydrogens is 220 g/mol.